The quantitative estimate of drug-likeness (QED) is 0.449. The van der Waals surface area contributed by atoms with Crippen molar-refractivity contribution in [2.75, 3.05) is 18.6 Å². The van der Waals surface area contributed by atoms with Crippen LogP contribution in [0, 0.1) is 11.6 Å². The third-order valence-corrected chi connectivity index (χ3v) is 4.67. The molecule has 0 aliphatic rings. The number of benzene rings is 1. The van der Waals surface area contributed by atoms with Crippen LogP contribution in [-0.2, 0) is 10.4 Å². The number of nitrogens with two attached hydrogens (primary N) is 2. The fourth-order valence-corrected chi connectivity index (χ4v) is 2.98. The van der Waals surface area contributed by atoms with Crippen molar-refractivity contribution >= 4 is 31.6 Å². The van der Waals surface area contributed by atoms with Crippen LogP contribution in [0.5, 0.6) is 0 Å². The lowest BCUT2D eigenvalue weighted by molar-refractivity contribution is 0.0227. The fourth-order valence-electron chi connectivity index (χ4n) is 1.57. The molecule has 12 heteroatoms. The van der Waals surface area contributed by atoms with E-state index in [2.05, 4.69) is 15.0 Å². The van der Waals surface area contributed by atoms with Crippen molar-refractivity contribution in [3.05, 3.63) is 35.4 Å². The van der Waals surface area contributed by atoms with Crippen LogP contribution in [0.4, 0.5) is 23.5 Å². The minimum atomic E-state index is -3.44. The number of rotatable bonds is 6. The number of anilines is 1. The highest BCUT2D eigenvalue weighted by molar-refractivity contribution is 7.99. The molecule has 0 saturated heterocycles. The Morgan fingerprint density at radius 3 is 2.54 bits per heavy atom. The van der Waals surface area contributed by atoms with Crippen molar-refractivity contribution < 1.29 is 22.1 Å². The summed E-state index contributed by atoms with van der Waals surface area (Å²) in [7, 11) is -0.288. The fraction of sp³-hybridized carbons (Fsp3) is 0.250. The first-order chi connectivity index (χ1) is 11.2. The van der Waals surface area contributed by atoms with E-state index in [9.17, 15) is 17.6 Å². The van der Waals surface area contributed by atoms with E-state index in [1.165, 1.54) is 7.11 Å². The molecule has 1 unspecified atom stereocenters. The van der Waals surface area contributed by atoms with E-state index in [-0.39, 0.29) is 16.7 Å². The first-order valence-electron chi connectivity index (χ1n) is 6.29. The summed E-state index contributed by atoms with van der Waals surface area (Å²) in [5.74, 6) is -6.98. The van der Waals surface area contributed by atoms with E-state index in [1.54, 1.807) is 0 Å². The van der Waals surface area contributed by atoms with Crippen LogP contribution in [0.25, 0.3) is 0 Å². The minimum Gasteiger partial charge on any atom is -0.368 e. The zero-order valence-corrected chi connectivity index (χ0v) is 13.9. The molecule has 4 N–H and O–H groups in total. The van der Waals surface area contributed by atoms with Crippen molar-refractivity contribution in [1.82, 2.24) is 15.0 Å². The summed E-state index contributed by atoms with van der Waals surface area (Å²) >= 11 is 0.579. The van der Waals surface area contributed by atoms with Gasteiger partial charge in [-0.1, -0.05) is 11.8 Å². The molecule has 0 aliphatic heterocycles. The Balaban J connectivity index is 2.16. The Bertz CT molecular complexity index is 739. The lowest BCUT2D eigenvalue weighted by atomic mass is 10.1. The second-order valence-electron chi connectivity index (χ2n) is 4.41. The molecule has 0 amide bonds. The van der Waals surface area contributed by atoms with Crippen LogP contribution < -0.4 is 16.8 Å². The van der Waals surface area contributed by atoms with Gasteiger partial charge in [0.2, 0.25) is 11.5 Å². The van der Waals surface area contributed by atoms with Crippen LogP contribution in [0.15, 0.2) is 23.4 Å². The van der Waals surface area contributed by atoms with Gasteiger partial charge in [-0.15, -0.1) is 0 Å². The molecule has 0 saturated carbocycles. The van der Waals surface area contributed by atoms with Gasteiger partial charge in [0.25, 0.3) is 5.92 Å². The number of halogens is 4. The van der Waals surface area contributed by atoms with Crippen LogP contribution in [0.1, 0.15) is 5.56 Å². The summed E-state index contributed by atoms with van der Waals surface area (Å²) in [6, 6.07) is 1.91. The lowest BCUT2D eigenvalue weighted by Crippen LogP contribution is -2.21. The van der Waals surface area contributed by atoms with Crippen LogP contribution >= 0.6 is 20.1 Å². The zero-order chi connectivity index (χ0) is 17.9. The average Bonchev–Trinajstić information content (AvgIpc) is 2.54. The number of nitrogens with zero attached hydrogens (tertiary/aromatic N) is 3. The molecule has 2 rings (SSSR count). The maximum Gasteiger partial charge on any atom is 0.282 e. The summed E-state index contributed by atoms with van der Waals surface area (Å²) in [6.45, 7) is 0. The number of nitrogen functional groups attached to an aromatic ring is 1. The van der Waals surface area contributed by atoms with Gasteiger partial charge in [0.05, 0.1) is 5.75 Å². The Hall–Kier alpha value is -1.55. The van der Waals surface area contributed by atoms with E-state index in [0.717, 1.165) is 6.07 Å². The maximum atomic E-state index is 14.1. The van der Waals surface area contributed by atoms with Gasteiger partial charge in [0.1, 0.15) is 0 Å². The molecule has 0 spiro atoms. The lowest BCUT2D eigenvalue weighted by Gasteiger charge is -2.16. The normalized spacial score (nSPS) is 13.1. The molecule has 1 aromatic carbocycles. The summed E-state index contributed by atoms with van der Waals surface area (Å²) < 4.78 is 59.1. The van der Waals surface area contributed by atoms with Crippen LogP contribution in [0.2, 0.25) is 0 Å². The average molecular weight is 381 g/mol. The van der Waals surface area contributed by atoms with E-state index >= 15 is 0 Å². The van der Waals surface area contributed by atoms with Crippen molar-refractivity contribution in [2.24, 2.45) is 5.50 Å². The van der Waals surface area contributed by atoms with Gasteiger partial charge in [0.15, 0.2) is 25.1 Å². The van der Waals surface area contributed by atoms with E-state index in [1.807, 2.05) is 0 Å². The van der Waals surface area contributed by atoms with Gasteiger partial charge in [-0.3, -0.25) is 5.50 Å². The number of aromatic nitrogens is 3. The van der Waals surface area contributed by atoms with Crippen molar-refractivity contribution in [3.8, 4) is 0 Å². The van der Waals surface area contributed by atoms with Crippen molar-refractivity contribution in [3.63, 3.8) is 0 Å². The van der Waals surface area contributed by atoms with Gasteiger partial charge in [-0.2, -0.15) is 15.0 Å². The number of alkyl halides is 2. The van der Waals surface area contributed by atoms with Gasteiger partial charge >= 0.3 is 0 Å². The van der Waals surface area contributed by atoms with E-state index in [4.69, 9.17) is 15.8 Å². The highest BCUT2D eigenvalue weighted by atomic mass is 32.2. The van der Waals surface area contributed by atoms with Crippen molar-refractivity contribution in [1.29, 1.82) is 0 Å². The van der Waals surface area contributed by atoms with Crippen LogP contribution in [0.3, 0.4) is 0 Å². The van der Waals surface area contributed by atoms with Gasteiger partial charge in [0, 0.05) is 12.7 Å². The van der Waals surface area contributed by atoms with Crippen molar-refractivity contribution in [2.45, 2.75) is 11.1 Å². The molecule has 1 heterocycles. The van der Waals surface area contributed by atoms with Gasteiger partial charge < -0.3 is 10.3 Å². The molecular formula is C12H12F4N5OPS. The molecule has 24 heavy (non-hydrogen) atoms. The second-order valence-corrected chi connectivity index (χ2v) is 6.77. The number of hydrogen-bond acceptors (Lipinski definition) is 7. The molecule has 1 atom stereocenters. The monoisotopic (exact) mass is 381 g/mol. The van der Waals surface area contributed by atoms with Crippen LogP contribution in [-0.4, -0.2) is 27.8 Å². The predicted molar refractivity (Wildman–Crippen MR) is 83.0 cm³/mol. The molecule has 130 valence electrons. The topological polar surface area (TPSA) is 99.9 Å². The second kappa shape index (κ2) is 7.56. The molecule has 6 nitrogen and oxygen atoms in total. The third-order valence-electron chi connectivity index (χ3n) is 2.74. The Morgan fingerprint density at radius 2 is 1.92 bits per heavy atom. The smallest absolute Gasteiger partial charge is 0.282 e. The number of thioether (sulfide) groups is 1. The summed E-state index contributed by atoms with van der Waals surface area (Å²) in [5.41, 5.74) is 10.5. The highest BCUT2D eigenvalue weighted by Crippen LogP contribution is 2.34. The first-order valence-corrected chi connectivity index (χ1v) is 8.61. The highest BCUT2D eigenvalue weighted by Gasteiger charge is 2.33. The standard InChI is InChI=1S/C12H12F4N5OPS/c1-22-23(18)10-19-9(17)20-11(21-10)24-5-12(15,16)6-2-3-7(13)8(14)4-6/h2-4H,5,18H2,1H3,(H2,17,19,20,21). The summed E-state index contributed by atoms with van der Waals surface area (Å²) in [5, 5.41) is -0.0743. The molecule has 1 aromatic heterocycles. The Kier molecular flexibility index (Phi) is 5.92. The van der Waals surface area contributed by atoms with E-state index in [0.29, 0.717) is 23.9 Å². The molecule has 0 aliphatic carbocycles. The number of hydrogen-bond donors (Lipinski definition) is 2. The molecule has 2 aromatic rings. The molecule has 0 bridgehead atoms. The molecule has 0 radical (unpaired) electrons. The van der Waals surface area contributed by atoms with E-state index < -0.39 is 37.2 Å². The largest absolute Gasteiger partial charge is 0.368 e. The molecular weight excluding hydrogens is 369 g/mol. The summed E-state index contributed by atoms with van der Waals surface area (Å²) in [6.07, 6.45) is 0. The van der Waals surface area contributed by atoms with Gasteiger partial charge in [-0.25, -0.2) is 17.6 Å². The Labute approximate surface area is 139 Å². The Morgan fingerprint density at radius 1 is 1.21 bits per heavy atom. The molecule has 0 fully saturated rings. The predicted octanol–water partition coefficient (Wildman–Crippen LogP) is 2.16. The zero-order valence-electron chi connectivity index (χ0n) is 12.2. The maximum absolute atomic E-state index is 14.1. The third kappa shape index (κ3) is 4.50. The summed E-state index contributed by atoms with van der Waals surface area (Å²) in [4.78, 5) is 11.4. The minimum absolute atomic E-state index is 0.0543. The SMILES string of the molecule is COP(N)c1nc(N)nc(SCC(F)(F)c2ccc(F)c(F)c2)n1. The first kappa shape index (κ1) is 18.8. The van der Waals surface area contributed by atoms with Gasteiger partial charge in [-0.05, 0) is 18.2 Å².